The lowest BCUT2D eigenvalue weighted by Crippen LogP contribution is -2.42. The van der Waals surface area contributed by atoms with Crippen molar-refractivity contribution in [3.63, 3.8) is 0 Å². The van der Waals surface area contributed by atoms with Gasteiger partial charge in [-0.2, -0.15) is 0 Å². The molecule has 7 heteroatoms. The lowest BCUT2D eigenvalue weighted by molar-refractivity contribution is -0.119. The van der Waals surface area contributed by atoms with Gasteiger partial charge in [-0.25, -0.2) is 8.42 Å². The zero-order valence-corrected chi connectivity index (χ0v) is 16.3. The Labute approximate surface area is 160 Å². The van der Waals surface area contributed by atoms with E-state index >= 15 is 0 Å². The predicted octanol–water partition coefficient (Wildman–Crippen LogP) is 2.79. The second-order valence-electron chi connectivity index (χ2n) is 6.65. The number of ether oxygens (including phenoxy) is 1. The number of carbonyl (C=O) groups is 1. The van der Waals surface area contributed by atoms with Crippen LogP contribution in [0.1, 0.15) is 20.3 Å². The number of anilines is 1. The number of benzene rings is 2. The number of fused-ring (bicyclic) bond motifs is 3. The molecule has 3 rings (SSSR count). The van der Waals surface area contributed by atoms with Crippen LogP contribution in [0, 0.1) is 0 Å². The van der Waals surface area contributed by atoms with Gasteiger partial charge in [0.25, 0.3) is 10.0 Å². The molecule has 0 spiro atoms. The van der Waals surface area contributed by atoms with Gasteiger partial charge in [0, 0.05) is 24.3 Å². The first-order valence-corrected chi connectivity index (χ1v) is 10.4. The van der Waals surface area contributed by atoms with Crippen molar-refractivity contribution in [2.24, 2.45) is 0 Å². The van der Waals surface area contributed by atoms with E-state index < -0.39 is 10.0 Å². The van der Waals surface area contributed by atoms with E-state index in [1.807, 2.05) is 32.0 Å². The highest BCUT2D eigenvalue weighted by molar-refractivity contribution is 7.93. The molecular formula is C20H24N2O4S. The number of nitrogens with one attached hydrogen (secondary N) is 1. The first kappa shape index (κ1) is 19.4. The number of para-hydroxylation sites is 1. The van der Waals surface area contributed by atoms with Crippen LogP contribution < -0.4 is 9.62 Å². The smallest absolute Gasteiger partial charge is 0.265 e. The van der Waals surface area contributed by atoms with Crippen molar-refractivity contribution in [1.29, 1.82) is 0 Å². The summed E-state index contributed by atoms with van der Waals surface area (Å²) in [6.07, 6.45) is 0.826. The van der Waals surface area contributed by atoms with Crippen molar-refractivity contribution in [3.05, 3.63) is 48.5 Å². The number of carbonyl (C=O) groups excluding carboxylic acids is 1. The summed E-state index contributed by atoms with van der Waals surface area (Å²) in [4.78, 5) is 12.6. The maximum Gasteiger partial charge on any atom is 0.265 e. The van der Waals surface area contributed by atoms with E-state index in [0.717, 1.165) is 5.56 Å². The number of rotatable bonds is 7. The highest BCUT2D eigenvalue weighted by atomic mass is 32.2. The van der Waals surface area contributed by atoms with Gasteiger partial charge in [0.15, 0.2) is 0 Å². The van der Waals surface area contributed by atoms with Crippen molar-refractivity contribution < 1.29 is 17.9 Å². The van der Waals surface area contributed by atoms with Crippen LogP contribution >= 0.6 is 0 Å². The lowest BCUT2D eigenvalue weighted by atomic mass is 10.0. The number of nitrogens with zero attached hydrogens (tertiary/aromatic N) is 1. The van der Waals surface area contributed by atoms with E-state index in [2.05, 4.69) is 5.32 Å². The minimum atomic E-state index is -3.79. The standard InChI is InChI=1S/C20H24N2O4S/c1-15(2)26-13-7-12-21-20(23)14-22-18-10-5-3-8-16(18)17-9-4-6-11-19(17)27(22,24)25/h3-6,8-11,15H,7,12-14H2,1-2H3,(H,21,23). The topological polar surface area (TPSA) is 75.7 Å². The lowest BCUT2D eigenvalue weighted by Gasteiger charge is -2.31. The summed E-state index contributed by atoms with van der Waals surface area (Å²) in [6.45, 7) is 4.65. The minimum absolute atomic E-state index is 0.149. The second-order valence-corrected chi connectivity index (χ2v) is 8.48. The molecule has 0 unspecified atom stereocenters. The maximum absolute atomic E-state index is 13.1. The molecule has 2 aromatic rings. The van der Waals surface area contributed by atoms with Crippen molar-refractivity contribution >= 4 is 21.6 Å². The van der Waals surface area contributed by atoms with Crippen LogP contribution in [0.4, 0.5) is 5.69 Å². The Morgan fingerprint density at radius 2 is 1.74 bits per heavy atom. The van der Waals surface area contributed by atoms with Crippen LogP contribution in [-0.4, -0.2) is 40.1 Å². The molecule has 1 amide bonds. The fourth-order valence-electron chi connectivity index (χ4n) is 3.06. The highest BCUT2D eigenvalue weighted by Crippen LogP contribution is 2.42. The minimum Gasteiger partial charge on any atom is -0.379 e. The van der Waals surface area contributed by atoms with Gasteiger partial charge < -0.3 is 10.1 Å². The second kappa shape index (κ2) is 8.10. The third-order valence-corrected chi connectivity index (χ3v) is 6.12. The van der Waals surface area contributed by atoms with Crippen molar-refractivity contribution in [1.82, 2.24) is 5.32 Å². The predicted molar refractivity (Wildman–Crippen MR) is 105 cm³/mol. The Morgan fingerprint density at radius 3 is 2.48 bits per heavy atom. The Balaban J connectivity index is 1.77. The molecule has 0 fully saturated rings. The summed E-state index contributed by atoms with van der Waals surface area (Å²) in [5.41, 5.74) is 1.99. The van der Waals surface area contributed by atoms with Crippen LogP contribution in [0.15, 0.2) is 53.4 Å². The summed E-state index contributed by atoms with van der Waals surface area (Å²) in [7, 11) is -3.79. The summed E-state index contributed by atoms with van der Waals surface area (Å²) < 4.78 is 32.8. The van der Waals surface area contributed by atoms with Crippen LogP contribution in [0.5, 0.6) is 0 Å². The van der Waals surface area contributed by atoms with Gasteiger partial charge in [-0.15, -0.1) is 0 Å². The molecule has 0 bridgehead atoms. The monoisotopic (exact) mass is 388 g/mol. The van der Waals surface area contributed by atoms with Gasteiger partial charge in [-0.05, 0) is 32.4 Å². The normalized spacial score (nSPS) is 14.6. The van der Waals surface area contributed by atoms with E-state index in [9.17, 15) is 13.2 Å². The number of amides is 1. The zero-order valence-electron chi connectivity index (χ0n) is 15.5. The molecule has 2 aromatic carbocycles. The summed E-state index contributed by atoms with van der Waals surface area (Å²) in [5.74, 6) is -0.336. The van der Waals surface area contributed by atoms with Crippen LogP contribution in [0.2, 0.25) is 0 Å². The van der Waals surface area contributed by atoms with Crippen molar-refractivity contribution in [2.75, 3.05) is 24.0 Å². The Bertz CT molecular complexity index is 925. The van der Waals surface area contributed by atoms with E-state index in [4.69, 9.17) is 4.74 Å². The Hall–Kier alpha value is -2.38. The number of hydrogen-bond acceptors (Lipinski definition) is 4. The Morgan fingerprint density at radius 1 is 1.07 bits per heavy atom. The molecule has 6 nitrogen and oxygen atoms in total. The van der Waals surface area contributed by atoms with Crippen LogP contribution in [0.3, 0.4) is 0 Å². The number of hydrogen-bond donors (Lipinski definition) is 1. The molecule has 0 saturated carbocycles. The van der Waals surface area contributed by atoms with Gasteiger partial charge in [-0.1, -0.05) is 36.4 Å². The SMILES string of the molecule is CC(C)OCCCNC(=O)CN1c2ccccc2-c2ccccc2S1(=O)=O. The largest absolute Gasteiger partial charge is 0.379 e. The average molecular weight is 388 g/mol. The van der Waals surface area contributed by atoms with Gasteiger partial charge >= 0.3 is 0 Å². The molecule has 0 saturated heterocycles. The highest BCUT2D eigenvalue weighted by Gasteiger charge is 2.35. The van der Waals surface area contributed by atoms with Gasteiger partial charge in [0.1, 0.15) is 6.54 Å². The maximum atomic E-state index is 13.1. The molecule has 0 radical (unpaired) electrons. The molecule has 0 aliphatic carbocycles. The first-order chi connectivity index (χ1) is 12.9. The van der Waals surface area contributed by atoms with E-state index in [1.165, 1.54) is 4.31 Å². The fraction of sp³-hybridized carbons (Fsp3) is 0.350. The third-order valence-electron chi connectivity index (χ3n) is 4.30. The van der Waals surface area contributed by atoms with Crippen molar-refractivity contribution in [3.8, 4) is 11.1 Å². The fourth-order valence-corrected chi connectivity index (χ4v) is 4.71. The van der Waals surface area contributed by atoms with E-state index in [1.54, 1.807) is 30.3 Å². The molecule has 0 atom stereocenters. The summed E-state index contributed by atoms with van der Waals surface area (Å²) >= 11 is 0. The average Bonchev–Trinajstić information content (AvgIpc) is 2.65. The van der Waals surface area contributed by atoms with E-state index in [0.29, 0.717) is 30.8 Å². The first-order valence-electron chi connectivity index (χ1n) is 9.00. The van der Waals surface area contributed by atoms with Gasteiger partial charge in [0.05, 0.1) is 16.7 Å². The molecule has 1 N–H and O–H groups in total. The van der Waals surface area contributed by atoms with Gasteiger partial charge in [-0.3, -0.25) is 9.10 Å². The third kappa shape index (κ3) is 4.14. The quantitative estimate of drug-likeness (QED) is 0.740. The number of sulfonamides is 1. The molecule has 0 aromatic heterocycles. The molecule has 144 valence electrons. The molecular weight excluding hydrogens is 364 g/mol. The molecule has 1 heterocycles. The van der Waals surface area contributed by atoms with E-state index in [-0.39, 0.29) is 23.5 Å². The van der Waals surface area contributed by atoms with Crippen LogP contribution in [-0.2, 0) is 19.6 Å². The molecule has 1 aliphatic heterocycles. The summed E-state index contributed by atoms with van der Waals surface area (Å²) in [5, 5.41) is 2.77. The molecule has 27 heavy (non-hydrogen) atoms. The van der Waals surface area contributed by atoms with Crippen molar-refractivity contribution in [2.45, 2.75) is 31.3 Å². The molecule has 1 aliphatic rings. The van der Waals surface area contributed by atoms with Crippen LogP contribution in [0.25, 0.3) is 11.1 Å². The van der Waals surface area contributed by atoms with Gasteiger partial charge in [0.2, 0.25) is 5.91 Å². The summed E-state index contributed by atoms with van der Waals surface area (Å²) in [6, 6.07) is 14.1. The zero-order chi connectivity index (χ0) is 19.4. The Kier molecular flexibility index (Phi) is 5.82.